The van der Waals surface area contributed by atoms with Crippen LogP contribution in [0, 0.1) is 13.8 Å². The van der Waals surface area contributed by atoms with Gasteiger partial charge in [-0.3, -0.25) is 4.98 Å². The number of aromatic nitrogens is 1. The van der Waals surface area contributed by atoms with Crippen molar-refractivity contribution < 1.29 is 9.53 Å². The van der Waals surface area contributed by atoms with E-state index in [0.717, 1.165) is 22.4 Å². The van der Waals surface area contributed by atoms with Crippen molar-refractivity contribution in [3.63, 3.8) is 0 Å². The fourth-order valence-electron chi connectivity index (χ4n) is 2.85. The highest BCUT2D eigenvalue weighted by Gasteiger charge is 2.19. The Morgan fingerprint density at radius 1 is 0.960 bits per heavy atom. The molecule has 25 heavy (non-hydrogen) atoms. The summed E-state index contributed by atoms with van der Waals surface area (Å²) in [6.07, 6.45) is 0. The summed E-state index contributed by atoms with van der Waals surface area (Å²) in [6.45, 7) is 6.05. The standard InChI is InChI=1S/C22H21NO2/c1-4-25-22(24)21-16(3)23-20(18-8-6-5-7-9-18)14-19(21)17-12-10-15(2)11-13-17/h5-14H,4H2,1-3H3. The van der Waals surface area contributed by atoms with Crippen LogP contribution in [0.1, 0.15) is 28.5 Å². The Morgan fingerprint density at radius 3 is 2.28 bits per heavy atom. The van der Waals surface area contributed by atoms with Crippen LogP contribution in [0.5, 0.6) is 0 Å². The monoisotopic (exact) mass is 331 g/mol. The van der Waals surface area contributed by atoms with Crippen LogP contribution in [0.3, 0.4) is 0 Å². The van der Waals surface area contributed by atoms with E-state index in [1.807, 2.05) is 81.4 Å². The van der Waals surface area contributed by atoms with Crippen LogP contribution in [0.2, 0.25) is 0 Å². The first kappa shape index (κ1) is 16.9. The first-order valence-electron chi connectivity index (χ1n) is 8.41. The molecule has 0 radical (unpaired) electrons. The van der Waals surface area contributed by atoms with Gasteiger partial charge in [0.1, 0.15) is 0 Å². The Kier molecular flexibility index (Phi) is 4.94. The molecule has 0 saturated carbocycles. The molecule has 126 valence electrons. The lowest BCUT2D eigenvalue weighted by Crippen LogP contribution is -2.10. The molecule has 0 spiro atoms. The average molecular weight is 331 g/mol. The molecule has 0 atom stereocenters. The van der Waals surface area contributed by atoms with Crippen molar-refractivity contribution in [3.05, 3.63) is 77.5 Å². The maximum Gasteiger partial charge on any atom is 0.340 e. The average Bonchev–Trinajstić information content (AvgIpc) is 2.62. The quantitative estimate of drug-likeness (QED) is 0.616. The third kappa shape index (κ3) is 3.61. The lowest BCUT2D eigenvalue weighted by atomic mass is 9.96. The molecule has 3 aromatic rings. The zero-order valence-electron chi connectivity index (χ0n) is 14.7. The van der Waals surface area contributed by atoms with Gasteiger partial charge in [-0.15, -0.1) is 0 Å². The maximum absolute atomic E-state index is 12.5. The summed E-state index contributed by atoms with van der Waals surface area (Å²) in [5, 5.41) is 0. The van der Waals surface area contributed by atoms with Gasteiger partial charge >= 0.3 is 5.97 Å². The molecule has 0 aliphatic carbocycles. The van der Waals surface area contributed by atoms with Gasteiger partial charge in [0.15, 0.2) is 0 Å². The van der Waals surface area contributed by atoms with Gasteiger partial charge in [0.25, 0.3) is 0 Å². The number of benzene rings is 2. The highest BCUT2D eigenvalue weighted by molar-refractivity contribution is 5.99. The second kappa shape index (κ2) is 7.31. The van der Waals surface area contributed by atoms with E-state index in [1.54, 1.807) is 0 Å². The minimum absolute atomic E-state index is 0.331. The van der Waals surface area contributed by atoms with E-state index in [9.17, 15) is 4.79 Å². The largest absolute Gasteiger partial charge is 0.462 e. The van der Waals surface area contributed by atoms with Gasteiger partial charge in [0.05, 0.1) is 23.6 Å². The van der Waals surface area contributed by atoms with Crippen molar-refractivity contribution in [2.75, 3.05) is 6.61 Å². The predicted molar refractivity (Wildman–Crippen MR) is 101 cm³/mol. The smallest absolute Gasteiger partial charge is 0.340 e. The van der Waals surface area contributed by atoms with Crippen LogP contribution in [-0.4, -0.2) is 17.6 Å². The fourth-order valence-corrected chi connectivity index (χ4v) is 2.85. The Hall–Kier alpha value is -2.94. The molecule has 0 saturated heterocycles. The Labute approximate surface area is 148 Å². The number of carbonyl (C=O) groups is 1. The number of aryl methyl sites for hydroxylation is 2. The summed E-state index contributed by atoms with van der Waals surface area (Å²) in [5.74, 6) is -0.331. The number of hydrogen-bond donors (Lipinski definition) is 0. The van der Waals surface area contributed by atoms with Crippen molar-refractivity contribution in [2.24, 2.45) is 0 Å². The van der Waals surface area contributed by atoms with Crippen LogP contribution in [0.15, 0.2) is 60.7 Å². The molecule has 0 bridgehead atoms. The summed E-state index contributed by atoms with van der Waals surface area (Å²) in [4.78, 5) is 17.2. The zero-order chi connectivity index (χ0) is 17.8. The number of pyridine rings is 1. The fraction of sp³-hybridized carbons (Fsp3) is 0.182. The number of esters is 1. The lowest BCUT2D eigenvalue weighted by Gasteiger charge is -2.14. The molecule has 0 unspecified atom stereocenters. The number of hydrogen-bond acceptors (Lipinski definition) is 3. The molecule has 1 aromatic heterocycles. The van der Waals surface area contributed by atoms with Crippen molar-refractivity contribution in [3.8, 4) is 22.4 Å². The van der Waals surface area contributed by atoms with Gasteiger partial charge in [-0.05, 0) is 32.4 Å². The highest BCUT2D eigenvalue weighted by Crippen LogP contribution is 2.31. The van der Waals surface area contributed by atoms with Crippen LogP contribution in [0.4, 0.5) is 0 Å². The predicted octanol–water partition coefficient (Wildman–Crippen LogP) is 5.21. The van der Waals surface area contributed by atoms with Crippen LogP contribution >= 0.6 is 0 Å². The first-order chi connectivity index (χ1) is 12.1. The van der Waals surface area contributed by atoms with Gasteiger partial charge in [-0.25, -0.2) is 4.79 Å². The zero-order valence-corrected chi connectivity index (χ0v) is 14.7. The minimum atomic E-state index is -0.331. The minimum Gasteiger partial charge on any atom is -0.462 e. The molecule has 0 fully saturated rings. The second-order valence-electron chi connectivity index (χ2n) is 5.97. The van der Waals surface area contributed by atoms with Gasteiger partial charge in [-0.2, -0.15) is 0 Å². The summed E-state index contributed by atoms with van der Waals surface area (Å²) < 4.78 is 5.26. The topological polar surface area (TPSA) is 39.2 Å². The first-order valence-corrected chi connectivity index (χ1v) is 8.41. The molecule has 2 aromatic carbocycles. The van der Waals surface area contributed by atoms with Crippen molar-refractivity contribution in [1.29, 1.82) is 0 Å². The van der Waals surface area contributed by atoms with E-state index in [4.69, 9.17) is 4.74 Å². The molecule has 0 aliphatic heterocycles. The van der Waals surface area contributed by atoms with Gasteiger partial charge in [0.2, 0.25) is 0 Å². The Bertz CT molecular complexity index is 884. The van der Waals surface area contributed by atoms with Crippen molar-refractivity contribution in [2.45, 2.75) is 20.8 Å². The maximum atomic E-state index is 12.5. The van der Waals surface area contributed by atoms with Crippen LogP contribution in [0.25, 0.3) is 22.4 Å². The molecule has 3 heteroatoms. The summed E-state index contributed by atoms with van der Waals surface area (Å²) >= 11 is 0. The summed E-state index contributed by atoms with van der Waals surface area (Å²) in [7, 11) is 0. The number of ether oxygens (including phenoxy) is 1. The molecule has 3 rings (SSSR count). The molecular weight excluding hydrogens is 310 g/mol. The highest BCUT2D eigenvalue weighted by atomic mass is 16.5. The van der Waals surface area contributed by atoms with E-state index in [-0.39, 0.29) is 5.97 Å². The number of carbonyl (C=O) groups excluding carboxylic acids is 1. The summed E-state index contributed by atoms with van der Waals surface area (Å²) in [6, 6.07) is 20.1. The SMILES string of the molecule is CCOC(=O)c1c(-c2ccc(C)cc2)cc(-c2ccccc2)nc1C. The second-order valence-corrected chi connectivity index (χ2v) is 5.97. The van der Waals surface area contributed by atoms with Gasteiger partial charge in [-0.1, -0.05) is 60.2 Å². The lowest BCUT2D eigenvalue weighted by molar-refractivity contribution is 0.0526. The number of nitrogens with zero attached hydrogens (tertiary/aromatic N) is 1. The summed E-state index contributed by atoms with van der Waals surface area (Å²) in [5.41, 5.74) is 6.09. The van der Waals surface area contributed by atoms with E-state index in [0.29, 0.717) is 17.9 Å². The van der Waals surface area contributed by atoms with E-state index in [1.165, 1.54) is 5.56 Å². The number of rotatable bonds is 4. The molecule has 3 nitrogen and oxygen atoms in total. The van der Waals surface area contributed by atoms with Crippen molar-refractivity contribution >= 4 is 5.97 Å². The van der Waals surface area contributed by atoms with Gasteiger partial charge in [0, 0.05) is 11.1 Å². The molecular formula is C22H21NO2. The van der Waals surface area contributed by atoms with Crippen LogP contribution in [-0.2, 0) is 4.74 Å². The van der Waals surface area contributed by atoms with Crippen LogP contribution < -0.4 is 0 Å². The van der Waals surface area contributed by atoms with Crippen molar-refractivity contribution in [1.82, 2.24) is 4.98 Å². The normalized spacial score (nSPS) is 10.5. The Balaban J connectivity index is 2.21. The van der Waals surface area contributed by atoms with E-state index in [2.05, 4.69) is 4.98 Å². The van der Waals surface area contributed by atoms with Gasteiger partial charge < -0.3 is 4.74 Å². The van der Waals surface area contributed by atoms with E-state index >= 15 is 0 Å². The molecule has 1 heterocycles. The molecule has 0 amide bonds. The third-order valence-corrected chi connectivity index (χ3v) is 4.11. The molecule has 0 N–H and O–H groups in total. The molecule has 0 aliphatic rings. The third-order valence-electron chi connectivity index (χ3n) is 4.11. The van der Waals surface area contributed by atoms with E-state index < -0.39 is 0 Å². The Morgan fingerprint density at radius 2 is 1.64 bits per heavy atom.